The number of aliphatic hydroxyl groups is 1. The molecule has 182 valence electrons. The van der Waals surface area contributed by atoms with Gasteiger partial charge in [-0.15, -0.1) is 0 Å². The zero-order valence-corrected chi connectivity index (χ0v) is 20.9. The maximum atomic E-state index is 8.63. The summed E-state index contributed by atoms with van der Waals surface area (Å²) in [7, 11) is 0. The molecule has 2 nitrogen and oxygen atoms in total. The lowest BCUT2D eigenvalue weighted by Crippen LogP contribution is -2.00. The van der Waals surface area contributed by atoms with Crippen molar-refractivity contribution < 1.29 is 9.84 Å². The van der Waals surface area contributed by atoms with E-state index in [9.17, 15) is 0 Å². The Morgan fingerprint density at radius 2 is 0.633 bits per heavy atom. The van der Waals surface area contributed by atoms with Gasteiger partial charge in [0.25, 0.3) is 0 Å². The quantitative estimate of drug-likeness (QED) is 0.133. The number of unbranched alkanes of at least 4 members (excludes halogenated alkanes) is 23. The highest BCUT2D eigenvalue weighted by Crippen LogP contribution is 2.15. The number of aliphatic hydroxyl groups excluding tert-OH is 1. The van der Waals surface area contributed by atoms with Gasteiger partial charge in [-0.25, -0.2) is 0 Å². The molecule has 2 heteroatoms. The molecule has 0 aromatic heterocycles. The van der Waals surface area contributed by atoms with Gasteiger partial charge in [-0.1, -0.05) is 155 Å². The molecule has 0 fully saturated rings. The summed E-state index contributed by atoms with van der Waals surface area (Å²) in [4.78, 5) is 0. The van der Waals surface area contributed by atoms with Crippen LogP contribution in [0.3, 0.4) is 0 Å². The third-order valence-corrected chi connectivity index (χ3v) is 6.38. The first kappa shape index (κ1) is 29.9. The minimum Gasteiger partial charge on any atom is -0.394 e. The molecule has 0 radical (unpaired) electrons. The third kappa shape index (κ3) is 27.9. The molecule has 0 atom stereocenters. The summed E-state index contributed by atoms with van der Waals surface area (Å²) < 4.78 is 5.28. The van der Waals surface area contributed by atoms with E-state index in [1.54, 1.807) is 0 Å². The van der Waals surface area contributed by atoms with Crippen molar-refractivity contribution in [1.29, 1.82) is 0 Å². The van der Waals surface area contributed by atoms with Crippen LogP contribution in [0.25, 0.3) is 0 Å². The van der Waals surface area contributed by atoms with Crippen molar-refractivity contribution in [2.24, 2.45) is 0 Å². The molecular weight excluding hydrogens is 368 g/mol. The fourth-order valence-electron chi connectivity index (χ4n) is 4.33. The first-order valence-electron chi connectivity index (χ1n) is 14.1. The van der Waals surface area contributed by atoms with E-state index < -0.39 is 0 Å². The summed E-state index contributed by atoms with van der Waals surface area (Å²) in [5.41, 5.74) is 0. The molecule has 0 aliphatic carbocycles. The summed E-state index contributed by atoms with van der Waals surface area (Å²) in [5, 5.41) is 8.63. The van der Waals surface area contributed by atoms with E-state index in [1.807, 2.05) is 0 Å². The van der Waals surface area contributed by atoms with Crippen LogP contribution < -0.4 is 0 Å². The van der Waals surface area contributed by atoms with E-state index in [0.717, 1.165) is 13.0 Å². The molecule has 0 spiro atoms. The number of hydrogen-bond donors (Lipinski definition) is 1. The van der Waals surface area contributed by atoms with E-state index in [0.29, 0.717) is 6.61 Å². The lowest BCUT2D eigenvalue weighted by Gasteiger charge is -2.04. The van der Waals surface area contributed by atoms with Crippen molar-refractivity contribution in [1.82, 2.24) is 0 Å². The van der Waals surface area contributed by atoms with Crippen LogP contribution >= 0.6 is 0 Å². The Bertz CT molecular complexity index is 252. The number of rotatable bonds is 27. The highest BCUT2D eigenvalue weighted by molar-refractivity contribution is 4.51. The van der Waals surface area contributed by atoms with Gasteiger partial charge in [0.15, 0.2) is 0 Å². The highest BCUT2D eigenvalue weighted by atomic mass is 16.5. The Morgan fingerprint density at radius 3 is 0.900 bits per heavy atom. The standard InChI is InChI=1S/C28H58O2/c1-2-3-4-5-6-7-8-9-10-11-12-13-14-15-16-17-18-19-20-21-22-23-24-25-27-30-28-26-29/h29H,2-28H2,1H3. The van der Waals surface area contributed by atoms with Gasteiger partial charge in [0, 0.05) is 6.61 Å². The van der Waals surface area contributed by atoms with Crippen LogP contribution in [0.2, 0.25) is 0 Å². The van der Waals surface area contributed by atoms with Crippen molar-refractivity contribution in [3.63, 3.8) is 0 Å². The second-order valence-electron chi connectivity index (χ2n) is 9.47. The Kier molecular flexibility index (Phi) is 28.8. The molecule has 0 aliphatic rings. The Labute approximate surface area is 191 Å². The number of ether oxygens (including phenoxy) is 1. The van der Waals surface area contributed by atoms with Crippen molar-refractivity contribution in [2.75, 3.05) is 19.8 Å². The molecule has 0 aliphatic heterocycles. The van der Waals surface area contributed by atoms with Crippen molar-refractivity contribution in [3.8, 4) is 0 Å². The smallest absolute Gasteiger partial charge is 0.0697 e. The molecule has 0 aromatic carbocycles. The first-order valence-corrected chi connectivity index (χ1v) is 14.1. The normalized spacial score (nSPS) is 11.4. The van der Waals surface area contributed by atoms with Crippen LogP contribution in [0.1, 0.15) is 161 Å². The average Bonchev–Trinajstić information content (AvgIpc) is 2.76. The van der Waals surface area contributed by atoms with Gasteiger partial charge in [-0.2, -0.15) is 0 Å². The van der Waals surface area contributed by atoms with Crippen LogP contribution in [0.4, 0.5) is 0 Å². The SMILES string of the molecule is CCCCCCCCCCCCCCCCCCCCCCCCCCOCCO. The van der Waals surface area contributed by atoms with E-state index in [4.69, 9.17) is 9.84 Å². The monoisotopic (exact) mass is 426 g/mol. The van der Waals surface area contributed by atoms with Gasteiger partial charge >= 0.3 is 0 Å². The Balaban J connectivity index is 2.97. The van der Waals surface area contributed by atoms with Crippen LogP contribution in [0, 0.1) is 0 Å². The molecule has 0 heterocycles. The topological polar surface area (TPSA) is 29.5 Å². The fourth-order valence-corrected chi connectivity index (χ4v) is 4.33. The van der Waals surface area contributed by atoms with Crippen LogP contribution in [0.5, 0.6) is 0 Å². The molecule has 0 amide bonds. The molecule has 30 heavy (non-hydrogen) atoms. The summed E-state index contributed by atoms with van der Waals surface area (Å²) in [6.45, 7) is 3.77. The molecule has 0 unspecified atom stereocenters. The molecule has 1 N–H and O–H groups in total. The van der Waals surface area contributed by atoms with Crippen LogP contribution in [0.15, 0.2) is 0 Å². The minimum atomic E-state index is 0.152. The van der Waals surface area contributed by atoms with Gasteiger partial charge in [0.2, 0.25) is 0 Å². The predicted octanol–water partition coefficient (Wildman–Crippen LogP) is 9.38. The highest BCUT2D eigenvalue weighted by Gasteiger charge is 1.96. The maximum absolute atomic E-state index is 8.63. The van der Waals surface area contributed by atoms with Crippen molar-refractivity contribution >= 4 is 0 Å². The van der Waals surface area contributed by atoms with Gasteiger partial charge in [0.1, 0.15) is 0 Å². The lowest BCUT2D eigenvalue weighted by atomic mass is 10.0. The predicted molar refractivity (Wildman–Crippen MR) is 134 cm³/mol. The van der Waals surface area contributed by atoms with Gasteiger partial charge < -0.3 is 9.84 Å². The van der Waals surface area contributed by atoms with E-state index in [-0.39, 0.29) is 6.61 Å². The molecule has 0 bridgehead atoms. The molecule has 0 rings (SSSR count). The number of hydrogen-bond acceptors (Lipinski definition) is 2. The summed E-state index contributed by atoms with van der Waals surface area (Å²) in [5.74, 6) is 0. The second-order valence-corrected chi connectivity index (χ2v) is 9.47. The summed E-state index contributed by atoms with van der Waals surface area (Å²) in [6, 6.07) is 0. The molecular formula is C28H58O2. The van der Waals surface area contributed by atoms with E-state index >= 15 is 0 Å². The van der Waals surface area contributed by atoms with Crippen molar-refractivity contribution in [2.45, 2.75) is 161 Å². The lowest BCUT2D eigenvalue weighted by molar-refractivity contribution is 0.0895. The van der Waals surface area contributed by atoms with Gasteiger partial charge in [-0.05, 0) is 6.42 Å². The van der Waals surface area contributed by atoms with Gasteiger partial charge in [0.05, 0.1) is 13.2 Å². The summed E-state index contributed by atoms with van der Waals surface area (Å²) >= 11 is 0. The van der Waals surface area contributed by atoms with Crippen LogP contribution in [-0.4, -0.2) is 24.9 Å². The maximum Gasteiger partial charge on any atom is 0.0697 e. The zero-order chi connectivity index (χ0) is 21.8. The van der Waals surface area contributed by atoms with Crippen LogP contribution in [-0.2, 0) is 4.74 Å². The van der Waals surface area contributed by atoms with Crippen molar-refractivity contribution in [3.05, 3.63) is 0 Å². The fraction of sp³-hybridized carbons (Fsp3) is 1.00. The van der Waals surface area contributed by atoms with E-state index in [1.165, 1.54) is 148 Å². The first-order chi connectivity index (χ1) is 14.9. The zero-order valence-electron chi connectivity index (χ0n) is 20.9. The van der Waals surface area contributed by atoms with E-state index in [2.05, 4.69) is 6.92 Å². The molecule has 0 aromatic rings. The average molecular weight is 427 g/mol. The minimum absolute atomic E-state index is 0.152. The Morgan fingerprint density at radius 1 is 0.367 bits per heavy atom. The van der Waals surface area contributed by atoms with Gasteiger partial charge in [-0.3, -0.25) is 0 Å². The molecule has 0 saturated carbocycles. The second kappa shape index (κ2) is 28.9. The third-order valence-electron chi connectivity index (χ3n) is 6.38. The largest absolute Gasteiger partial charge is 0.394 e. The molecule has 0 saturated heterocycles. The summed E-state index contributed by atoms with van der Waals surface area (Å²) in [6.07, 6.45) is 34.3. The Hall–Kier alpha value is -0.0800.